The monoisotopic (exact) mass is 297 g/mol. The van der Waals surface area contributed by atoms with Crippen molar-refractivity contribution >= 4 is 11.7 Å². The highest BCUT2D eigenvalue weighted by molar-refractivity contribution is 5.97. The van der Waals surface area contributed by atoms with Crippen LogP contribution in [0.3, 0.4) is 0 Å². The Morgan fingerprint density at radius 2 is 2.00 bits per heavy atom. The molecule has 1 aromatic carbocycles. The predicted octanol–water partition coefficient (Wildman–Crippen LogP) is 2.53. The highest BCUT2D eigenvalue weighted by Gasteiger charge is 2.35. The molecule has 0 radical (unpaired) electrons. The molecule has 1 heterocycles. The molecule has 110 valence electrons. The average Bonchev–Trinajstić information content (AvgIpc) is 2.46. The normalized spacial score (nSPS) is 11.2. The summed E-state index contributed by atoms with van der Waals surface area (Å²) in [5.74, 6) is -0.827. The topological polar surface area (TPSA) is 78.1 Å². The second-order valence-corrected chi connectivity index (χ2v) is 4.07. The number of methoxy groups -OCH3 is 1. The molecule has 0 atom stereocenters. The van der Waals surface area contributed by atoms with Gasteiger partial charge in [-0.2, -0.15) is 13.2 Å². The van der Waals surface area contributed by atoms with Crippen LogP contribution >= 0.6 is 0 Å². The van der Waals surface area contributed by atoms with Gasteiger partial charge in [0.05, 0.1) is 30.1 Å². The van der Waals surface area contributed by atoms with Crippen LogP contribution < -0.4 is 5.73 Å². The number of anilines is 1. The summed E-state index contributed by atoms with van der Waals surface area (Å²) in [6.07, 6.45) is -0.892. The lowest BCUT2D eigenvalue weighted by atomic mass is 9.99. The van der Waals surface area contributed by atoms with Crippen molar-refractivity contribution < 1.29 is 22.7 Å². The summed E-state index contributed by atoms with van der Waals surface area (Å²) in [6.45, 7) is 0. The number of alkyl halides is 3. The summed E-state index contributed by atoms with van der Waals surface area (Å²) in [6, 6.07) is 1.70. The van der Waals surface area contributed by atoms with Crippen LogP contribution in [-0.4, -0.2) is 23.0 Å². The summed E-state index contributed by atoms with van der Waals surface area (Å²) in [7, 11) is 1.11. The third-order valence-corrected chi connectivity index (χ3v) is 2.74. The molecule has 2 rings (SSSR count). The second-order valence-electron chi connectivity index (χ2n) is 4.07. The SMILES string of the molecule is COC(=O)c1cc(-c2cnccn2)c(C(F)(F)F)cc1N. The minimum atomic E-state index is -4.64. The van der Waals surface area contributed by atoms with Gasteiger partial charge in [0.15, 0.2) is 0 Å². The molecule has 0 saturated heterocycles. The van der Waals surface area contributed by atoms with E-state index in [4.69, 9.17) is 5.73 Å². The Labute approximate surface area is 117 Å². The van der Waals surface area contributed by atoms with E-state index in [1.807, 2.05) is 0 Å². The number of benzene rings is 1. The molecule has 2 N–H and O–H groups in total. The number of carbonyl (C=O) groups excluding carboxylic acids is 1. The van der Waals surface area contributed by atoms with E-state index in [2.05, 4.69) is 14.7 Å². The van der Waals surface area contributed by atoms with Crippen LogP contribution in [0.5, 0.6) is 0 Å². The van der Waals surface area contributed by atoms with Crippen LogP contribution in [0.15, 0.2) is 30.7 Å². The maximum Gasteiger partial charge on any atom is 0.417 e. The Balaban J connectivity index is 2.73. The van der Waals surface area contributed by atoms with E-state index in [1.165, 1.54) is 18.6 Å². The van der Waals surface area contributed by atoms with E-state index in [0.717, 1.165) is 13.2 Å². The Morgan fingerprint density at radius 3 is 2.52 bits per heavy atom. The van der Waals surface area contributed by atoms with Gasteiger partial charge < -0.3 is 10.5 Å². The number of nitrogens with zero attached hydrogens (tertiary/aromatic N) is 2. The quantitative estimate of drug-likeness (QED) is 0.680. The highest BCUT2D eigenvalue weighted by Crippen LogP contribution is 2.38. The number of ether oxygens (including phenoxy) is 1. The fourth-order valence-corrected chi connectivity index (χ4v) is 1.79. The van der Waals surface area contributed by atoms with Gasteiger partial charge >= 0.3 is 12.1 Å². The van der Waals surface area contributed by atoms with Crippen LogP contribution in [0.25, 0.3) is 11.3 Å². The van der Waals surface area contributed by atoms with Gasteiger partial charge in [-0.25, -0.2) is 4.79 Å². The molecule has 0 aliphatic carbocycles. The first-order valence-corrected chi connectivity index (χ1v) is 5.70. The standard InChI is InChI=1S/C13H10F3N3O2/c1-21-12(20)8-4-7(11-6-18-2-3-19-11)9(5-10(8)17)13(14,15)16/h2-6H,17H2,1H3. The maximum atomic E-state index is 13.1. The van der Waals surface area contributed by atoms with Crippen LogP contribution in [0.2, 0.25) is 0 Å². The zero-order chi connectivity index (χ0) is 15.6. The molecular weight excluding hydrogens is 287 g/mol. The number of esters is 1. The summed E-state index contributed by atoms with van der Waals surface area (Å²) < 4.78 is 43.8. The lowest BCUT2D eigenvalue weighted by Gasteiger charge is -2.15. The number of hydrogen-bond acceptors (Lipinski definition) is 5. The number of halogens is 3. The van der Waals surface area contributed by atoms with Crippen molar-refractivity contribution in [3.05, 3.63) is 41.9 Å². The maximum absolute atomic E-state index is 13.1. The molecule has 8 heteroatoms. The lowest BCUT2D eigenvalue weighted by molar-refractivity contribution is -0.137. The van der Waals surface area contributed by atoms with Gasteiger partial charge in [-0.3, -0.25) is 9.97 Å². The zero-order valence-electron chi connectivity index (χ0n) is 10.8. The zero-order valence-corrected chi connectivity index (χ0v) is 10.8. The number of nitrogen functional groups attached to an aromatic ring is 1. The lowest BCUT2D eigenvalue weighted by Crippen LogP contribution is -2.13. The van der Waals surface area contributed by atoms with Gasteiger partial charge in [-0.15, -0.1) is 0 Å². The molecule has 5 nitrogen and oxygen atoms in total. The average molecular weight is 297 g/mol. The smallest absolute Gasteiger partial charge is 0.417 e. The Kier molecular flexibility index (Phi) is 3.79. The van der Waals surface area contributed by atoms with Crippen LogP contribution in [0.4, 0.5) is 18.9 Å². The van der Waals surface area contributed by atoms with E-state index < -0.39 is 17.7 Å². The molecule has 0 aliphatic rings. The van der Waals surface area contributed by atoms with Crippen molar-refractivity contribution in [2.45, 2.75) is 6.18 Å². The molecule has 0 fully saturated rings. The van der Waals surface area contributed by atoms with Crippen LogP contribution in [-0.2, 0) is 10.9 Å². The largest absolute Gasteiger partial charge is 0.465 e. The van der Waals surface area contributed by atoms with Crippen molar-refractivity contribution in [1.29, 1.82) is 0 Å². The van der Waals surface area contributed by atoms with Gasteiger partial charge in [-0.05, 0) is 12.1 Å². The van der Waals surface area contributed by atoms with E-state index in [1.54, 1.807) is 0 Å². The third kappa shape index (κ3) is 2.93. The van der Waals surface area contributed by atoms with Crippen molar-refractivity contribution in [3.63, 3.8) is 0 Å². The van der Waals surface area contributed by atoms with E-state index in [0.29, 0.717) is 6.07 Å². The van der Waals surface area contributed by atoms with E-state index >= 15 is 0 Å². The first kappa shape index (κ1) is 14.8. The Bertz CT molecular complexity index is 672. The van der Waals surface area contributed by atoms with Crippen molar-refractivity contribution in [2.24, 2.45) is 0 Å². The van der Waals surface area contributed by atoms with Gasteiger partial charge in [-0.1, -0.05) is 0 Å². The van der Waals surface area contributed by atoms with Gasteiger partial charge in [0.25, 0.3) is 0 Å². The molecule has 0 aliphatic heterocycles. The molecule has 1 aromatic heterocycles. The number of hydrogen-bond donors (Lipinski definition) is 1. The van der Waals surface area contributed by atoms with Crippen LogP contribution in [0.1, 0.15) is 15.9 Å². The molecule has 0 bridgehead atoms. The fourth-order valence-electron chi connectivity index (χ4n) is 1.79. The van der Waals surface area contributed by atoms with Gasteiger partial charge in [0.2, 0.25) is 0 Å². The number of aromatic nitrogens is 2. The Hall–Kier alpha value is -2.64. The molecule has 0 unspecified atom stereocenters. The third-order valence-electron chi connectivity index (χ3n) is 2.74. The highest BCUT2D eigenvalue weighted by atomic mass is 19.4. The summed E-state index contributed by atoms with van der Waals surface area (Å²) >= 11 is 0. The summed E-state index contributed by atoms with van der Waals surface area (Å²) in [5.41, 5.74) is 3.73. The van der Waals surface area contributed by atoms with Crippen LogP contribution in [0, 0.1) is 0 Å². The first-order valence-electron chi connectivity index (χ1n) is 5.70. The molecule has 2 aromatic rings. The molecule has 0 amide bonds. The molecule has 0 saturated carbocycles. The number of nitrogens with two attached hydrogens (primary N) is 1. The second kappa shape index (κ2) is 5.39. The fraction of sp³-hybridized carbons (Fsp3) is 0.154. The van der Waals surface area contributed by atoms with Crippen molar-refractivity contribution in [3.8, 4) is 11.3 Å². The number of rotatable bonds is 2. The van der Waals surface area contributed by atoms with E-state index in [-0.39, 0.29) is 22.5 Å². The summed E-state index contributed by atoms with van der Waals surface area (Å²) in [4.78, 5) is 19.1. The van der Waals surface area contributed by atoms with Crippen molar-refractivity contribution in [2.75, 3.05) is 12.8 Å². The van der Waals surface area contributed by atoms with Gasteiger partial charge in [0, 0.05) is 23.6 Å². The van der Waals surface area contributed by atoms with Crippen molar-refractivity contribution in [1.82, 2.24) is 9.97 Å². The number of carbonyl (C=O) groups is 1. The minimum Gasteiger partial charge on any atom is -0.465 e. The first-order chi connectivity index (χ1) is 9.84. The van der Waals surface area contributed by atoms with Gasteiger partial charge in [0.1, 0.15) is 0 Å². The summed E-state index contributed by atoms with van der Waals surface area (Å²) in [5, 5.41) is 0. The Morgan fingerprint density at radius 1 is 1.29 bits per heavy atom. The van der Waals surface area contributed by atoms with E-state index in [9.17, 15) is 18.0 Å². The molecular formula is C13H10F3N3O2. The minimum absolute atomic E-state index is 0.0185. The molecule has 0 spiro atoms. The predicted molar refractivity (Wildman–Crippen MR) is 68.2 cm³/mol. The molecule has 21 heavy (non-hydrogen) atoms.